The minimum Gasteiger partial charge on any atom is -0.478 e. The van der Waals surface area contributed by atoms with E-state index in [2.05, 4.69) is 20.9 Å². The van der Waals surface area contributed by atoms with E-state index in [4.69, 9.17) is 17.2 Å². The van der Waals surface area contributed by atoms with Crippen LogP contribution in [0.2, 0.25) is 0 Å². The summed E-state index contributed by atoms with van der Waals surface area (Å²) < 4.78 is 0. The highest BCUT2D eigenvalue weighted by atomic mass is 16.4. The van der Waals surface area contributed by atoms with E-state index in [0.29, 0.717) is 26.1 Å². The molecule has 10 heteroatoms. The van der Waals surface area contributed by atoms with Gasteiger partial charge in [-0.2, -0.15) is 0 Å². The Bertz CT molecular complexity index is 470. The summed E-state index contributed by atoms with van der Waals surface area (Å²) in [5, 5.41) is 18.3. The fraction of sp³-hybridized carbons (Fsp3) is 0.833. The molecule has 10 nitrogen and oxygen atoms in total. The van der Waals surface area contributed by atoms with E-state index >= 15 is 0 Å². The first-order valence-corrected chi connectivity index (χ1v) is 10.1. The average molecular weight is 402 g/mol. The van der Waals surface area contributed by atoms with Crippen LogP contribution in [0.15, 0.2) is 4.99 Å². The van der Waals surface area contributed by atoms with E-state index in [1.165, 1.54) is 6.92 Å². The minimum absolute atomic E-state index is 0.0858. The topological polar surface area (TPSA) is 181 Å². The number of hydrogen-bond donors (Lipinski definition) is 7. The predicted octanol–water partition coefficient (Wildman–Crippen LogP) is -0.564. The second-order valence-corrected chi connectivity index (χ2v) is 6.98. The van der Waals surface area contributed by atoms with Crippen molar-refractivity contribution in [3.63, 3.8) is 0 Å². The third kappa shape index (κ3) is 14.2. The van der Waals surface area contributed by atoms with Crippen LogP contribution in [0.3, 0.4) is 0 Å². The summed E-state index contributed by atoms with van der Waals surface area (Å²) in [4.78, 5) is 27.5. The Labute approximate surface area is 168 Å². The molecule has 0 saturated heterocycles. The largest absolute Gasteiger partial charge is 0.478 e. The van der Waals surface area contributed by atoms with Crippen LogP contribution in [0, 0.1) is 0 Å². The number of aliphatic carboxylic acids is 1. The van der Waals surface area contributed by atoms with Gasteiger partial charge in [-0.25, -0.2) is 4.79 Å². The van der Waals surface area contributed by atoms with Gasteiger partial charge in [-0.05, 0) is 65.2 Å². The van der Waals surface area contributed by atoms with Gasteiger partial charge >= 0.3 is 5.97 Å². The number of carbonyl (C=O) groups excluding carboxylic acids is 1. The number of hydrogen-bond acceptors (Lipinski definition) is 6. The lowest BCUT2D eigenvalue weighted by Crippen LogP contribution is -2.62. The number of nitrogens with one attached hydrogen (secondary N) is 3. The summed E-state index contributed by atoms with van der Waals surface area (Å²) in [5.74, 6) is -1.29. The molecular weight excluding hydrogens is 362 g/mol. The number of aliphatic imine (C=N–C) groups is 1. The van der Waals surface area contributed by atoms with Gasteiger partial charge in [-0.15, -0.1) is 0 Å². The summed E-state index contributed by atoms with van der Waals surface area (Å²) >= 11 is 0. The molecule has 10 N–H and O–H groups in total. The summed E-state index contributed by atoms with van der Waals surface area (Å²) in [7, 11) is 0. The van der Waals surface area contributed by atoms with Crippen molar-refractivity contribution in [3.05, 3.63) is 0 Å². The molecule has 0 saturated carbocycles. The molecule has 0 aliphatic heterocycles. The van der Waals surface area contributed by atoms with E-state index in [1.54, 1.807) is 0 Å². The molecule has 0 aromatic carbocycles. The molecule has 0 fully saturated rings. The quantitative estimate of drug-likeness (QED) is 0.0690. The molecule has 0 aliphatic rings. The number of carboxylic acids is 1. The van der Waals surface area contributed by atoms with Gasteiger partial charge in [0.15, 0.2) is 11.6 Å². The number of carbonyl (C=O) groups is 2. The van der Waals surface area contributed by atoms with Gasteiger partial charge in [-0.3, -0.25) is 15.1 Å². The molecule has 0 aromatic heterocycles. The lowest BCUT2D eigenvalue weighted by atomic mass is 10.1. The first-order valence-electron chi connectivity index (χ1n) is 10.1. The fourth-order valence-electron chi connectivity index (χ4n) is 2.54. The van der Waals surface area contributed by atoms with E-state index < -0.39 is 11.6 Å². The van der Waals surface area contributed by atoms with Crippen molar-refractivity contribution in [1.29, 1.82) is 0 Å². The first kappa shape index (κ1) is 26.1. The maximum absolute atomic E-state index is 12.1. The van der Waals surface area contributed by atoms with Crippen molar-refractivity contribution in [3.8, 4) is 0 Å². The number of carboxylic acid groups (broad SMARTS) is 1. The van der Waals surface area contributed by atoms with Gasteiger partial charge in [0.1, 0.15) is 0 Å². The Morgan fingerprint density at radius 1 is 0.964 bits per heavy atom. The second-order valence-electron chi connectivity index (χ2n) is 6.98. The highest BCUT2D eigenvalue weighted by Gasteiger charge is 2.33. The molecular formula is C18H39N7O3. The normalized spacial score (nSPS) is 12.9. The first-order chi connectivity index (χ1) is 13.3. The van der Waals surface area contributed by atoms with Crippen LogP contribution < -0.4 is 33.2 Å². The molecule has 0 aromatic rings. The number of amides is 1. The van der Waals surface area contributed by atoms with Crippen LogP contribution in [0.5, 0.6) is 0 Å². The van der Waals surface area contributed by atoms with Crippen molar-refractivity contribution in [2.45, 2.75) is 64.0 Å². The van der Waals surface area contributed by atoms with Gasteiger partial charge < -0.3 is 32.9 Å². The zero-order chi connectivity index (χ0) is 21.3. The predicted molar refractivity (Wildman–Crippen MR) is 112 cm³/mol. The Balaban J connectivity index is 3.97. The maximum Gasteiger partial charge on any atom is 0.344 e. The molecule has 0 spiro atoms. The standard InChI is InChI=1S/C18H39N7O3/c1-18(16(27)28,24-14-7-6-11-22-12-8-10-19)25-15(26)9-4-2-3-5-13-23-17(20)21/h22,24H,2-14,19H2,1H3,(H,25,26)(H,27,28)(H4,20,21,23). The number of rotatable bonds is 18. The van der Waals surface area contributed by atoms with Gasteiger partial charge in [0, 0.05) is 13.0 Å². The summed E-state index contributed by atoms with van der Waals surface area (Å²) in [6.07, 6.45) is 6.28. The highest BCUT2D eigenvalue weighted by molar-refractivity contribution is 5.86. The summed E-state index contributed by atoms with van der Waals surface area (Å²) in [6, 6.07) is 0. The van der Waals surface area contributed by atoms with Crippen molar-refractivity contribution in [2.24, 2.45) is 22.2 Å². The number of nitrogens with two attached hydrogens (primary N) is 3. The zero-order valence-electron chi connectivity index (χ0n) is 17.1. The monoisotopic (exact) mass is 401 g/mol. The van der Waals surface area contributed by atoms with Gasteiger partial charge in [0.05, 0.1) is 0 Å². The van der Waals surface area contributed by atoms with E-state index in [9.17, 15) is 14.7 Å². The van der Waals surface area contributed by atoms with E-state index in [0.717, 1.165) is 51.6 Å². The van der Waals surface area contributed by atoms with Crippen molar-refractivity contribution in [1.82, 2.24) is 16.0 Å². The molecule has 0 heterocycles. The molecule has 1 atom stereocenters. The van der Waals surface area contributed by atoms with Gasteiger partial charge in [0.25, 0.3) is 0 Å². The molecule has 0 aliphatic carbocycles. The number of guanidine groups is 1. The van der Waals surface area contributed by atoms with E-state index in [1.807, 2.05) is 0 Å². The average Bonchev–Trinajstić information content (AvgIpc) is 2.62. The maximum atomic E-state index is 12.1. The molecule has 28 heavy (non-hydrogen) atoms. The van der Waals surface area contributed by atoms with Crippen LogP contribution in [-0.2, 0) is 9.59 Å². The SMILES string of the molecule is CC(NCCCCNCCCN)(NC(=O)CCCCCCN=C(N)N)C(=O)O. The Morgan fingerprint density at radius 2 is 1.61 bits per heavy atom. The molecule has 0 bridgehead atoms. The lowest BCUT2D eigenvalue weighted by Gasteiger charge is -2.27. The van der Waals surface area contributed by atoms with E-state index in [-0.39, 0.29) is 18.3 Å². The highest BCUT2D eigenvalue weighted by Crippen LogP contribution is 2.06. The van der Waals surface area contributed by atoms with Gasteiger partial charge in [0.2, 0.25) is 5.91 Å². The lowest BCUT2D eigenvalue weighted by molar-refractivity contribution is -0.148. The van der Waals surface area contributed by atoms with Crippen LogP contribution >= 0.6 is 0 Å². The minimum atomic E-state index is -1.46. The van der Waals surface area contributed by atoms with Crippen molar-refractivity contribution in [2.75, 3.05) is 32.7 Å². The second kappa shape index (κ2) is 16.1. The molecule has 1 unspecified atom stereocenters. The number of nitrogens with zero attached hydrogens (tertiary/aromatic N) is 1. The van der Waals surface area contributed by atoms with Gasteiger partial charge in [-0.1, -0.05) is 12.8 Å². The number of unbranched alkanes of at least 4 members (excludes halogenated alkanes) is 4. The molecule has 1 amide bonds. The van der Waals surface area contributed by atoms with Crippen molar-refractivity contribution < 1.29 is 14.7 Å². The fourth-order valence-corrected chi connectivity index (χ4v) is 2.54. The third-order valence-electron chi connectivity index (χ3n) is 4.24. The third-order valence-corrected chi connectivity index (χ3v) is 4.24. The summed E-state index contributed by atoms with van der Waals surface area (Å²) in [6.45, 7) is 4.98. The smallest absolute Gasteiger partial charge is 0.344 e. The molecule has 164 valence electrons. The Kier molecular flexibility index (Phi) is 15.0. The van der Waals surface area contributed by atoms with Crippen LogP contribution in [0.1, 0.15) is 58.3 Å². The van der Waals surface area contributed by atoms with Crippen LogP contribution in [0.25, 0.3) is 0 Å². The van der Waals surface area contributed by atoms with Crippen LogP contribution in [0.4, 0.5) is 0 Å². The Hall–Kier alpha value is -1.91. The Morgan fingerprint density at radius 3 is 2.25 bits per heavy atom. The zero-order valence-corrected chi connectivity index (χ0v) is 17.1. The molecule has 0 radical (unpaired) electrons. The summed E-state index contributed by atoms with van der Waals surface area (Å²) in [5.41, 5.74) is 14.5. The van der Waals surface area contributed by atoms with Crippen molar-refractivity contribution >= 4 is 17.8 Å². The molecule has 0 rings (SSSR count). The van der Waals surface area contributed by atoms with Crippen LogP contribution in [-0.4, -0.2) is 61.3 Å².